The minimum Gasteiger partial charge on any atom is -0.363 e. The Morgan fingerprint density at radius 3 is 2.00 bits per heavy atom. The van der Waals surface area contributed by atoms with Crippen molar-refractivity contribution in [3.05, 3.63) is 78.9 Å². The van der Waals surface area contributed by atoms with Gasteiger partial charge in [0.15, 0.2) is 0 Å². The second-order valence-corrected chi connectivity index (χ2v) is 6.42. The van der Waals surface area contributed by atoms with Gasteiger partial charge in [0.25, 0.3) is 0 Å². The summed E-state index contributed by atoms with van der Waals surface area (Å²) in [4.78, 5) is 0. The molecule has 3 nitrogen and oxygen atoms in total. The number of fused-ring (bicyclic) bond motifs is 3. The van der Waals surface area contributed by atoms with Crippen molar-refractivity contribution in [2.45, 2.75) is 6.92 Å². The van der Waals surface area contributed by atoms with Crippen molar-refractivity contribution in [3.8, 4) is 5.69 Å². The third-order valence-electron chi connectivity index (χ3n) is 4.75. The second kappa shape index (κ2) is 5.69. The van der Waals surface area contributed by atoms with Crippen LogP contribution in [0.15, 0.2) is 72.8 Å². The van der Waals surface area contributed by atoms with E-state index in [1.165, 1.54) is 21.8 Å². The van der Waals surface area contributed by atoms with Gasteiger partial charge in [0.05, 0.1) is 11.0 Å². The zero-order valence-electron chi connectivity index (χ0n) is 14.0. The van der Waals surface area contributed by atoms with Gasteiger partial charge >= 0.3 is 7.12 Å². The molecule has 0 saturated carbocycles. The van der Waals surface area contributed by atoms with Gasteiger partial charge in [-0.15, -0.1) is 0 Å². The normalized spacial score (nSPS) is 14.8. The number of aromatic nitrogens is 1. The Morgan fingerprint density at radius 1 is 0.840 bits per heavy atom. The quantitative estimate of drug-likeness (QED) is 0.409. The molecule has 1 aliphatic heterocycles. The van der Waals surface area contributed by atoms with Crippen molar-refractivity contribution in [2.24, 2.45) is 0 Å². The van der Waals surface area contributed by atoms with Crippen LogP contribution in [0.4, 0.5) is 0 Å². The van der Waals surface area contributed by atoms with Crippen LogP contribution < -0.4 is 5.46 Å². The van der Waals surface area contributed by atoms with Gasteiger partial charge in [0.2, 0.25) is 12.7 Å². The van der Waals surface area contributed by atoms with Gasteiger partial charge in [0, 0.05) is 16.5 Å². The molecule has 0 bridgehead atoms. The molecule has 0 amide bonds. The number of rotatable bonds is 2. The van der Waals surface area contributed by atoms with Crippen LogP contribution in [0.5, 0.6) is 0 Å². The highest BCUT2D eigenvalue weighted by molar-refractivity contribution is 6.62. The number of benzene rings is 3. The highest BCUT2D eigenvalue weighted by atomic mass is 16.6. The lowest BCUT2D eigenvalue weighted by molar-refractivity contribution is 0.369. The molecule has 1 aliphatic rings. The lowest BCUT2D eigenvalue weighted by Gasteiger charge is -2.09. The Balaban J connectivity index is 1.65. The summed E-state index contributed by atoms with van der Waals surface area (Å²) in [5, 5.41) is 2.55. The van der Waals surface area contributed by atoms with E-state index in [9.17, 15) is 0 Å². The van der Waals surface area contributed by atoms with E-state index in [2.05, 4.69) is 77.4 Å². The number of para-hydroxylation sites is 2. The van der Waals surface area contributed by atoms with E-state index >= 15 is 0 Å². The fraction of sp³-hybridized carbons (Fsp3) is 0.0952. The molecule has 5 rings (SSSR count). The van der Waals surface area contributed by atoms with Crippen molar-refractivity contribution in [1.82, 2.24) is 4.57 Å². The fourth-order valence-corrected chi connectivity index (χ4v) is 3.59. The summed E-state index contributed by atoms with van der Waals surface area (Å²) in [7, 11) is -0.285. The Kier molecular flexibility index (Phi) is 3.33. The van der Waals surface area contributed by atoms with Gasteiger partial charge in [0.1, 0.15) is 6.92 Å². The molecule has 4 aromatic rings. The third-order valence-corrected chi connectivity index (χ3v) is 4.75. The molecule has 0 unspecified atom stereocenters. The molecule has 1 fully saturated rings. The maximum absolute atomic E-state index is 5.71. The molecular formula is C21H17BNO2+. The van der Waals surface area contributed by atoms with Crippen LogP contribution in [0.2, 0.25) is 0 Å². The van der Waals surface area contributed by atoms with Gasteiger partial charge in [-0.05, 0) is 29.7 Å². The molecule has 120 valence electrons. The first-order valence-corrected chi connectivity index (χ1v) is 8.50. The van der Waals surface area contributed by atoms with Crippen LogP contribution >= 0.6 is 0 Å². The Bertz CT molecular complexity index is 1000. The van der Waals surface area contributed by atoms with E-state index < -0.39 is 0 Å². The van der Waals surface area contributed by atoms with E-state index in [0.29, 0.717) is 6.61 Å². The molecule has 0 aliphatic carbocycles. The third kappa shape index (κ3) is 2.34. The summed E-state index contributed by atoms with van der Waals surface area (Å²) in [6, 6.07) is 25.5. The molecule has 2 heterocycles. The molecule has 0 atom stereocenters. The summed E-state index contributed by atoms with van der Waals surface area (Å²) in [6.07, 6.45) is 0.927. The van der Waals surface area contributed by atoms with E-state index in [1.807, 2.05) is 6.92 Å². The van der Waals surface area contributed by atoms with E-state index in [-0.39, 0.29) is 7.12 Å². The monoisotopic (exact) mass is 326 g/mol. The molecule has 0 N–H and O–H groups in total. The van der Waals surface area contributed by atoms with Crippen LogP contribution in [0.25, 0.3) is 27.5 Å². The molecule has 3 aromatic carbocycles. The van der Waals surface area contributed by atoms with Crippen molar-refractivity contribution in [3.63, 3.8) is 0 Å². The van der Waals surface area contributed by atoms with Crippen LogP contribution in [-0.4, -0.2) is 18.3 Å². The zero-order valence-corrected chi connectivity index (χ0v) is 14.0. The molecule has 0 radical (unpaired) electrons. The fourth-order valence-electron chi connectivity index (χ4n) is 3.59. The molecule has 1 saturated heterocycles. The smallest absolute Gasteiger partial charge is 0.363 e. The molecule has 25 heavy (non-hydrogen) atoms. The first-order chi connectivity index (χ1) is 12.3. The molecule has 4 heteroatoms. The maximum Gasteiger partial charge on any atom is 0.552 e. The number of nitrogens with zero attached hydrogens (tertiary/aromatic N) is 1. The van der Waals surface area contributed by atoms with Crippen LogP contribution in [0.3, 0.4) is 0 Å². The van der Waals surface area contributed by atoms with E-state index in [1.54, 1.807) is 0 Å². The predicted octanol–water partition coefficient (Wildman–Crippen LogP) is 4.08. The van der Waals surface area contributed by atoms with Crippen LogP contribution in [-0.2, 0) is 9.31 Å². The number of hydrogen-bond donors (Lipinski definition) is 0. The highest BCUT2D eigenvalue weighted by Crippen LogP contribution is 2.31. The second-order valence-electron chi connectivity index (χ2n) is 6.42. The van der Waals surface area contributed by atoms with Gasteiger partial charge in [-0.1, -0.05) is 48.5 Å². The summed E-state index contributed by atoms with van der Waals surface area (Å²) < 4.78 is 13.7. The van der Waals surface area contributed by atoms with Gasteiger partial charge in [-0.3, -0.25) is 0 Å². The summed E-state index contributed by atoms with van der Waals surface area (Å²) in [5.41, 5.74) is 4.62. The van der Waals surface area contributed by atoms with Crippen molar-refractivity contribution < 1.29 is 9.31 Å². The first-order valence-electron chi connectivity index (χ1n) is 8.50. The largest absolute Gasteiger partial charge is 0.552 e. The summed E-state index contributed by atoms with van der Waals surface area (Å²) >= 11 is 0. The molecule has 0 spiro atoms. The lowest BCUT2D eigenvalue weighted by Crippen LogP contribution is -2.31. The molecule has 1 aromatic heterocycles. The van der Waals surface area contributed by atoms with E-state index in [4.69, 9.17) is 9.31 Å². The maximum atomic E-state index is 5.71. The minimum absolute atomic E-state index is 0.285. The molecular weight excluding hydrogens is 309 g/mol. The lowest BCUT2D eigenvalue weighted by atomic mass is 9.79. The first kappa shape index (κ1) is 14.6. The number of hydrogen-bond acceptors (Lipinski definition) is 2. The van der Waals surface area contributed by atoms with Crippen LogP contribution in [0, 0.1) is 6.10 Å². The Hall–Kier alpha value is -2.69. The topological polar surface area (TPSA) is 23.4 Å². The summed E-state index contributed by atoms with van der Waals surface area (Å²) in [6.45, 7) is 2.52. The highest BCUT2D eigenvalue weighted by Gasteiger charge is 2.40. The van der Waals surface area contributed by atoms with Crippen LogP contribution in [0.1, 0.15) is 6.92 Å². The summed E-state index contributed by atoms with van der Waals surface area (Å²) in [5.74, 6) is 0. The zero-order chi connectivity index (χ0) is 16.8. The minimum atomic E-state index is -0.285. The van der Waals surface area contributed by atoms with Crippen molar-refractivity contribution in [1.29, 1.82) is 0 Å². The van der Waals surface area contributed by atoms with Crippen molar-refractivity contribution >= 4 is 34.4 Å². The standard InChI is InChI=1S/C21H17BNO2/c1-15-14-24-22(25-15)16-10-12-17(13-11-16)23-20-8-4-2-6-18(20)19-7-3-5-9-21(19)23/h2-13H,14H2,1H3/q+1. The van der Waals surface area contributed by atoms with Gasteiger partial charge in [-0.2, -0.15) is 0 Å². The van der Waals surface area contributed by atoms with E-state index in [0.717, 1.165) is 17.3 Å². The predicted molar refractivity (Wildman–Crippen MR) is 102 cm³/mol. The Morgan fingerprint density at radius 2 is 1.44 bits per heavy atom. The average Bonchev–Trinajstić information content (AvgIpc) is 3.23. The average molecular weight is 326 g/mol. The Labute approximate surface area is 146 Å². The van der Waals surface area contributed by atoms with Crippen molar-refractivity contribution in [2.75, 3.05) is 6.61 Å². The SMILES string of the molecule is C[C+]1COB(c2ccc(-n3c4ccccc4c4ccccc43)cc2)O1. The van der Waals surface area contributed by atoms with Gasteiger partial charge in [-0.25, -0.2) is 4.65 Å². The van der Waals surface area contributed by atoms with Gasteiger partial charge < -0.3 is 9.22 Å².